The molecule has 0 unspecified atom stereocenters. The van der Waals surface area contributed by atoms with E-state index in [0.717, 1.165) is 32.0 Å². The van der Waals surface area contributed by atoms with Crippen LogP contribution in [0.15, 0.2) is 0 Å². The molecule has 2 nitrogen and oxygen atoms in total. The minimum atomic E-state index is -0.650. The van der Waals surface area contributed by atoms with Crippen LogP contribution in [-0.4, -0.2) is 17.0 Å². The van der Waals surface area contributed by atoms with Crippen LogP contribution >= 0.6 is 0 Å². The summed E-state index contributed by atoms with van der Waals surface area (Å²) in [4.78, 5) is 10.9. The summed E-state index contributed by atoms with van der Waals surface area (Å²) in [6, 6.07) is 0. The molecule has 0 aliphatic heterocycles. The van der Waals surface area contributed by atoms with Gasteiger partial charge in [-0.2, -0.15) is 0 Å². The molecule has 2 heteroatoms. The Balaban J connectivity index is 2.82. The third-order valence-electron chi connectivity index (χ3n) is 3.38. The molecule has 1 fully saturated rings. The first-order valence-electron chi connectivity index (χ1n) is 5.09. The summed E-state index contributed by atoms with van der Waals surface area (Å²) in [5, 5.41) is 10.1. The lowest BCUT2D eigenvalue weighted by Gasteiger charge is -2.43. The highest BCUT2D eigenvalue weighted by molar-refractivity contribution is 5.59. The standard InChI is InChI=1S/C11H20O2/c1-10(2,8-12)9-6-4-5-7-11(9,3)13/h8-9,13H,4-7H2,1-3H3/t9-,11+/m0/s1. The van der Waals surface area contributed by atoms with E-state index >= 15 is 0 Å². The number of aldehydes is 1. The molecule has 13 heavy (non-hydrogen) atoms. The molecule has 1 aliphatic rings. The van der Waals surface area contributed by atoms with Crippen molar-refractivity contribution in [3.05, 3.63) is 0 Å². The largest absolute Gasteiger partial charge is 0.390 e. The highest BCUT2D eigenvalue weighted by atomic mass is 16.3. The van der Waals surface area contributed by atoms with Crippen molar-refractivity contribution in [2.24, 2.45) is 11.3 Å². The molecule has 0 spiro atoms. The van der Waals surface area contributed by atoms with Crippen LogP contribution in [0.5, 0.6) is 0 Å². The van der Waals surface area contributed by atoms with E-state index in [1.807, 2.05) is 20.8 Å². The highest BCUT2D eigenvalue weighted by Crippen LogP contribution is 2.43. The third-order valence-corrected chi connectivity index (χ3v) is 3.38. The van der Waals surface area contributed by atoms with Gasteiger partial charge in [0.25, 0.3) is 0 Å². The monoisotopic (exact) mass is 184 g/mol. The zero-order chi connectivity index (χ0) is 10.1. The Hall–Kier alpha value is -0.370. The Morgan fingerprint density at radius 2 is 2.08 bits per heavy atom. The van der Waals surface area contributed by atoms with Gasteiger partial charge in [-0.25, -0.2) is 0 Å². The fraction of sp³-hybridized carbons (Fsp3) is 0.909. The Morgan fingerprint density at radius 1 is 1.46 bits per heavy atom. The molecule has 1 aliphatic carbocycles. The molecule has 0 aromatic carbocycles. The maximum atomic E-state index is 10.9. The average molecular weight is 184 g/mol. The van der Waals surface area contributed by atoms with Crippen LogP contribution in [0.1, 0.15) is 46.5 Å². The summed E-state index contributed by atoms with van der Waals surface area (Å²) in [5.41, 5.74) is -1.04. The molecule has 0 aromatic heterocycles. The van der Waals surface area contributed by atoms with Gasteiger partial charge in [0.2, 0.25) is 0 Å². The summed E-state index contributed by atoms with van der Waals surface area (Å²) in [6.45, 7) is 5.71. The molecule has 0 aromatic rings. The first kappa shape index (κ1) is 10.7. The van der Waals surface area contributed by atoms with Crippen LogP contribution in [0.3, 0.4) is 0 Å². The topological polar surface area (TPSA) is 37.3 Å². The Morgan fingerprint density at radius 3 is 2.54 bits per heavy atom. The molecule has 0 amide bonds. The van der Waals surface area contributed by atoms with Crippen LogP contribution < -0.4 is 0 Å². The predicted octanol–water partition coefficient (Wildman–Crippen LogP) is 2.15. The minimum Gasteiger partial charge on any atom is -0.390 e. The van der Waals surface area contributed by atoms with Crippen molar-refractivity contribution in [1.29, 1.82) is 0 Å². The molecular formula is C11H20O2. The van der Waals surface area contributed by atoms with Gasteiger partial charge in [0, 0.05) is 5.41 Å². The number of hydrogen-bond acceptors (Lipinski definition) is 2. The molecular weight excluding hydrogens is 164 g/mol. The van der Waals surface area contributed by atoms with Crippen molar-refractivity contribution in [1.82, 2.24) is 0 Å². The first-order chi connectivity index (χ1) is 5.90. The second-order valence-corrected chi connectivity index (χ2v) is 5.09. The molecule has 0 radical (unpaired) electrons. The van der Waals surface area contributed by atoms with Crippen LogP contribution in [0.2, 0.25) is 0 Å². The van der Waals surface area contributed by atoms with E-state index in [0.29, 0.717) is 0 Å². The van der Waals surface area contributed by atoms with Gasteiger partial charge in [-0.15, -0.1) is 0 Å². The molecule has 1 N–H and O–H groups in total. The van der Waals surface area contributed by atoms with Crippen molar-refractivity contribution in [3.8, 4) is 0 Å². The van der Waals surface area contributed by atoms with Crippen LogP contribution in [0, 0.1) is 11.3 Å². The Labute approximate surface area is 80.3 Å². The second-order valence-electron chi connectivity index (χ2n) is 5.09. The van der Waals surface area contributed by atoms with Gasteiger partial charge in [-0.3, -0.25) is 0 Å². The van der Waals surface area contributed by atoms with Crippen LogP contribution in [0.25, 0.3) is 0 Å². The maximum Gasteiger partial charge on any atom is 0.125 e. The van der Waals surface area contributed by atoms with E-state index < -0.39 is 5.60 Å². The molecule has 0 bridgehead atoms. The van der Waals surface area contributed by atoms with Gasteiger partial charge in [0.05, 0.1) is 5.60 Å². The zero-order valence-electron chi connectivity index (χ0n) is 8.84. The predicted molar refractivity (Wildman–Crippen MR) is 52.4 cm³/mol. The molecule has 2 atom stereocenters. The molecule has 0 saturated heterocycles. The van der Waals surface area contributed by atoms with Gasteiger partial charge >= 0.3 is 0 Å². The SMILES string of the molecule is CC(C)(C=O)[C@@H]1CCCC[C@@]1(C)O. The van der Waals surface area contributed by atoms with Crippen molar-refractivity contribution in [2.75, 3.05) is 0 Å². The van der Waals surface area contributed by atoms with E-state index in [1.165, 1.54) is 0 Å². The summed E-state index contributed by atoms with van der Waals surface area (Å²) in [6.07, 6.45) is 5.00. The maximum absolute atomic E-state index is 10.9. The van der Waals surface area contributed by atoms with Crippen molar-refractivity contribution >= 4 is 6.29 Å². The number of carbonyl (C=O) groups excluding carboxylic acids is 1. The number of aliphatic hydroxyl groups is 1. The second kappa shape index (κ2) is 3.41. The fourth-order valence-corrected chi connectivity index (χ4v) is 2.57. The smallest absolute Gasteiger partial charge is 0.125 e. The van der Waals surface area contributed by atoms with Gasteiger partial charge < -0.3 is 9.90 Å². The lowest BCUT2D eigenvalue weighted by molar-refractivity contribution is -0.129. The summed E-state index contributed by atoms with van der Waals surface area (Å²) in [5.74, 6) is 0.117. The van der Waals surface area contributed by atoms with E-state index in [9.17, 15) is 9.90 Å². The molecule has 1 saturated carbocycles. The summed E-state index contributed by atoms with van der Waals surface area (Å²) < 4.78 is 0. The average Bonchev–Trinajstić information content (AvgIpc) is 2.03. The molecule has 0 heterocycles. The normalized spacial score (nSPS) is 35.8. The van der Waals surface area contributed by atoms with Crippen LogP contribution in [-0.2, 0) is 4.79 Å². The Kier molecular flexibility index (Phi) is 2.81. The van der Waals surface area contributed by atoms with Crippen molar-refractivity contribution in [3.63, 3.8) is 0 Å². The van der Waals surface area contributed by atoms with E-state index in [4.69, 9.17) is 0 Å². The number of rotatable bonds is 2. The summed E-state index contributed by atoms with van der Waals surface area (Å²) >= 11 is 0. The first-order valence-corrected chi connectivity index (χ1v) is 5.09. The van der Waals surface area contributed by atoms with Crippen molar-refractivity contribution < 1.29 is 9.90 Å². The van der Waals surface area contributed by atoms with Gasteiger partial charge in [0.1, 0.15) is 6.29 Å². The van der Waals surface area contributed by atoms with E-state index in [1.54, 1.807) is 0 Å². The molecule has 76 valence electrons. The van der Waals surface area contributed by atoms with E-state index in [2.05, 4.69) is 0 Å². The molecule has 1 rings (SSSR count). The zero-order valence-corrected chi connectivity index (χ0v) is 8.84. The number of hydrogen-bond donors (Lipinski definition) is 1. The third kappa shape index (κ3) is 2.11. The van der Waals surface area contributed by atoms with Gasteiger partial charge in [-0.1, -0.05) is 26.7 Å². The number of carbonyl (C=O) groups is 1. The van der Waals surface area contributed by atoms with E-state index in [-0.39, 0.29) is 11.3 Å². The Bertz CT molecular complexity index is 194. The minimum absolute atomic E-state index is 0.117. The van der Waals surface area contributed by atoms with Crippen LogP contribution in [0.4, 0.5) is 0 Å². The highest BCUT2D eigenvalue weighted by Gasteiger charge is 2.43. The lowest BCUT2D eigenvalue weighted by Crippen LogP contribution is -2.46. The van der Waals surface area contributed by atoms with Gasteiger partial charge in [-0.05, 0) is 25.7 Å². The summed E-state index contributed by atoms with van der Waals surface area (Å²) in [7, 11) is 0. The van der Waals surface area contributed by atoms with Crippen molar-refractivity contribution in [2.45, 2.75) is 52.1 Å². The van der Waals surface area contributed by atoms with Gasteiger partial charge in [0.15, 0.2) is 0 Å². The lowest BCUT2D eigenvalue weighted by atomic mass is 9.64. The fourth-order valence-electron chi connectivity index (χ4n) is 2.57. The quantitative estimate of drug-likeness (QED) is 0.668.